The Labute approximate surface area is 146 Å². The highest BCUT2D eigenvalue weighted by molar-refractivity contribution is 6.07. The first-order valence-electron chi connectivity index (χ1n) is 7.91. The summed E-state index contributed by atoms with van der Waals surface area (Å²) in [6.07, 6.45) is 3.08. The summed E-state index contributed by atoms with van der Waals surface area (Å²) in [6.45, 7) is 3.61. The third kappa shape index (κ3) is 4.94. The largest absolute Gasteiger partial charge is 0.504 e. The molecule has 0 aromatic heterocycles. The minimum atomic E-state index is -0.187. The molecule has 25 heavy (non-hydrogen) atoms. The lowest BCUT2D eigenvalue weighted by Gasteiger charge is -2.08. The van der Waals surface area contributed by atoms with Gasteiger partial charge in [-0.3, -0.25) is 9.59 Å². The molecule has 2 aromatic carbocycles. The molecule has 2 aromatic rings. The second kappa shape index (κ2) is 8.15. The van der Waals surface area contributed by atoms with E-state index in [-0.39, 0.29) is 23.4 Å². The van der Waals surface area contributed by atoms with Gasteiger partial charge in [-0.2, -0.15) is 0 Å². The van der Waals surface area contributed by atoms with Gasteiger partial charge in [-0.05, 0) is 35.9 Å². The zero-order valence-corrected chi connectivity index (χ0v) is 14.4. The monoisotopic (exact) mass is 339 g/mol. The van der Waals surface area contributed by atoms with E-state index in [4.69, 9.17) is 4.74 Å². The summed E-state index contributed by atoms with van der Waals surface area (Å²) < 4.78 is 5.04. The number of methoxy groups -OCH3 is 1. The van der Waals surface area contributed by atoms with Crippen molar-refractivity contribution in [3.63, 3.8) is 0 Å². The smallest absolute Gasteiger partial charge is 0.226 e. The van der Waals surface area contributed by atoms with Crippen LogP contribution >= 0.6 is 0 Å². The van der Waals surface area contributed by atoms with Gasteiger partial charge in [0.15, 0.2) is 17.3 Å². The molecule has 5 nitrogen and oxygen atoms in total. The third-order valence-electron chi connectivity index (χ3n) is 3.57. The maximum atomic E-state index is 12.3. The van der Waals surface area contributed by atoms with Crippen molar-refractivity contribution in [2.24, 2.45) is 5.92 Å². The zero-order chi connectivity index (χ0) is 18.4. The molecule has 2 N–H and O–H groups in total. The van der Waals surface area contributed by atoms with Crippen LogP contribution in [-0.4, -0.2) is 23.9 Å². The molecule has 0 spiro atoms. The van der Waals surface area contributed by atoms with Crippen molar-refractivity contribution >= 4 is 23.5 Å². The lowest BCUT2D eigenvalue weighted by molar-refractivity contribution is -0.118. The molecule has 0 saturated carbocycles. The van der Waals surface area contributed by atoms with Crippen LogP contribution < -0.4 is 10.1 Å². The summed E-state index contributed by atoms with van der Waals surface area (Å²) in [5.41, 5.74) is 1.79. The van der Waals surface area contributed by atoms with Crippen LogP contribution in [0.3, 0.4) is 0 Å². The molecule has 130 valence electrons. The van der Waals surface area contributed by atoms with E-state index < -0.39 is 0 Å². The fraction of sp³-hybridized carbons (Fsp3) is 0.200. The minimum absolute atomic E-state index is 0.0413. The van der Waals surface area contributed by atoms with E-state index in [2.05, 4.69) is 5.32 Å². The summed E-state index contributed by atoms with van der Waals surface area (Å²) in [6, 6.07) is 11.6. The second-order valence-electron chi connectivity index (χ2n) is 5.85. The molecule has 0 bridgehead atoms. The fourth-order valence-corrected chi connectivity index (χ4v) is 2.10. The predicted molar refractivity (Wildman–Crippen MR) is 97.9 cm³/mol. The van der Waals surface area contributed by atoms with Crippen molar-refractivity contribution in [3.8, 4) is 11.5 Å². The molecular weight excluding hydrogens is 318 g/mol. The molecule has 0 heterocycles. The number of aromatic hydroxyl groups is 1. The topological polar surface area (TPSA) is 75.6 Å². The number of allylic oxidation sites excluding steroid dienone is 1. The van der Waals surface area contributed by atoms with E-state index in [1.54, 1.807) is 56.3 Å². The SMILES string of the molecule is COc1cc(C=CC(=O)c2cccc(NC(=O)C(C)C)c2)ccc1O. The highest BCUT2D eigenvalue weighted by Gasteiger charge is 2.09. The number of ether oxygens (including phenoxy) is 1. The maximum Gasteiger partial charge on any atom is 0.226 e. The molecule has 0 radical (unpaired) electrons. The number of nitrogens with one attached hydrogen (secondary N) is 1. The zero-order valence-electron chi connectivity index (χ0n) is 14.4. The molecule has 0 aliphatic heterocycles. The van der Waals surface area contributed by atoms with Gasteiger partial charge in [-0.25, -0.2) is 0 Å². The molecule has 0 atom stereocenters. The van der Waals surface area contributed by atoms with E-state index in [1.807, 2.05) is 0 Å². The van der Waals surface area contributed by atoms with Crippen LogP contribution in [0.1, 0.15) is 29.8 Å². The second-order valence-corrected chi connectivity index (χ2v) is 5.85. The molecule has 0 aliphatic rings. The van der Waals surface area contributed by atoms with Crippen LogP contribution in [0.4, 0.5) is 5.69 Å². The van der Waals surface area contributed by atoms with Gasteiger partial charge in [-0.15, -0.1) is 0 Å². The first kappa shape index (κ1) is 18.3. The Bertz CT molecular complexity index is 809. The van der Waals surface area contributed by atoms with E-state index in [0.29, 0.717) is 17.0 Å². The Morgan fingerprint density at radius 1 is 1.16 bits per heavy atom. The van der Waals surface area contributed by atoms with Crippen LogP contribution in [0, 0.1) is 5.92 Å². The van der Waals surface area contributed by atoms with E-state index in [9.17, 15) is 14.7 Å². The van der Waals surface area contributed by atoms with Crippen LogP contribution in [0.25, 0.3) is 6.08 Å². The fourth-order valence-electron chi connectivity index (χ4n) is 2.10. The van der Waals surface area contributed by atoms with Crippen molar-refractivity contribution in [1.82, 2.24) is 0 Å². The Kier molecular flexibility index (Phi) is 5.95. The van der Waals surface area contributed by atoms with Crippen molar-refractivity contribution in [2.45, 2.75) is 13.8 Å². The number of anilines is 1. The van der Waals surface area contributed by atoms with E-state index >= 15 is 0 Å². The van der Waals surface area contributed by atoms with Gasteiger partial charge in [0.2, 0.25) is 5.91 Å². The maximum absolute atomic E-state index is 12.3. The molecule has 0 unspecified atom stereocenters. The number of ketones is 1. The quantitative estimate of drug-likeness (QED) is 0.618. The van der Waals surface area contributed by atoms with Crippen LogP contribution in [0.2, 0.25) is 0 Å². The average molecular weight is 339 g/mol. The van der Waals surface area contributed by atoms with Gasteiger partial charge < -0.3 is 15.2 Å². The number of amides is 1. The number of benzene rings is 2. The van der Waals surface area contributed by atoms with Crippen LogP contribution in [0.15, 0.2) is 48.5 Å². The number of phenolic OH excluding ortho intramolecular Hbond substituents is 1. The van der Waals surface area contributed by atoms with Crippen molar-refractivity contribution < 1.29 is 19.4 Å². The third-order valence-corrected chi connectivity index (χ3v) is 3.57. The minimum Gasteiger partial charge on any atom is -0.504 e. The summed E-state index contributed by atoms with van der Waals surface area (Å²) in [5.74, 6) is -0.0414. The van der Waals surface area contributed by atoms with Crippen molar-refractivity contribution in [3.05, 3.63) is 59.7 Å². The lowest BCUT2D eigenvalue weighted by atomic mass is 10.1. The Balaban J connectivity index is 2.14. The van der Waals surface area contributed by atoms with Gasteiger partial charge in [0, 0.05) is 17.2 Å². The number of carbonyl (C=O) groups is 2. The summed E-state index contributed by atoms with van der Waals surface area (Å²) in [7, 11) is 1.46. The van der Waals surface area contributed by atoms with Gasteiger partial charge in [0.1, 0.15) is 0 Å². The summed E-state index contributed by atoms with van der Waals surface area (Å²) in [4.78, 5) is 24.1. The summed E-state index contributed by atoms with van der Waals surface area (Å²) >= 11 is 0. The molecular formula is C20H21NO4. The van der Waals surface area contributed by atoms with Crippen molar-refractivity contribution in [1.29, 1.82) is 0 Å². The standard InChI is InChI=1S/C20H21NO4/c1-13(2)20(24)21-16-6-4-5-15(12-16)17(22)9-7-14-8-10-18(23)19(11-14)25-3/h4-13,23H,1-3H3,(H,21,24). The Hall–Kier alpha value is -3.08. The highest BCUT2D eigenvalue weighted by Crippen LogP contribution is 2.26. The van der Waals surface area contributed by atoms with Gasteiger partial charge in [0.25, 0.3) is 0 Å². The summed E-state index contributed by atoms with van der Waals surface area (Å²) in [5, 5.41) is 12.4. The first-order chi connectivity index (χ1) is 11.9. The average Bonchev–Trinajstić information content (AvgIpc) is 2.60. The predicted octanol–water partition coefficient (Wildman–Crippen LogP) is 3.89. The Morgan fingerprint density at radius 2 is 1.92 bits per heavy atom. The Morgan fingerprint density at radius 3 is 2.60 bits per heavy atom. The molecule has 0 fully saturated rings. The molecule has 5 heteroatoms. The number of rotatable bonds is 6. The number of hydrogen-bond acceptors (Lipinski definition) is 4. The van der Waals surface area contributed by atoms with Crippen LogP contribution in [-0.2, 0) is 4.79 Å². The molecule has 2 rings (SSSR count). The number of hydrogen-bond donors (Lipinski definition) is 2. The van der Waals surface area contributed by atoms with Gasteiger partial charge in [-0.1, -0.05) is 38.1 Å². The van der Waals surface area contributed by atoms with E-state index in [1.165, 1.54) is 19.3 Å². The molecule has 0 aliphatic carbocycles. The van der Waals surface area contributed by atoms with Gasteiger partial charge in [0.05, 0.1) is 7.11 Å². The highest BCUT2D eigenvalue weighted by atomic mass is 16.5. The van der Waals surface area contributed by atoms with Crippen molar-refractivity contribution in [2.75, 3.05) is 12.4 Å². The molecule has 0 saturated heterocycles. The van der Waals surface area contributed by atoms with Crippen LogP contribution in [0.5, 0.6) is 11.5 Å². The molecule has 1 amide bonds. The number of carbonyl (C=O) groups excluding carboxylic acids is 2. The normalized spacial score (nSPS) is 10.9. The van der Waals surface area contributed by atoms with E-state index in [0.717, 1.165) is 5.56 Å². The lowest BCUT2D eigenvalue weighted by Crippen LogP contribution is -2.17. The first-order valence-corrected chi connectivity index (χ1v) is 7.91. The van der Waals surface area contributed by atoms with Gasteiger partial charge >= 0.3 is 0 Å². The number of phenols is 1.